The molecule has 0 radical (unpaired) electrons. The summed E-state index contributed by atoms with van der Waals surface area (Å²) in [5.74, 6) is 0.337. The Morgan fingerprint density at radius 1 is 1.26 bits per heavy atom. The van der Waals surface area contributed by atoms with Crippen LogP contribution in [-0.4, -0.2) is 46.9 Å². The van der Waals surface area contributed by atoms with Crippen LogP contribution in [0, 0.1) is 13.8 Å². The Labute approximate surface area is 110 Å². The lowest BCUT2D eigenvalue weighted by Crippen LogP contribution is -2.40. The number of morpholine rings is 1. The van der Waals surface area contributed by atoms with Crippen LogP contribution in [0.2, 0.25) is 0 Å². The van der Waals surface area contributed by atoms with Gasteiger partial charge in [-0.3, -0.25) is 9.48 Å². The summed E-state index contributed by atoms with van der Waals surface area (Å²) in [6.07, 6.45) is 0. The topological polar surface area (TPSA) is 60.5 Å². The first-order chi connectivity index (χ1) is 9.09. The molecule has 3 rings (SSSR count). The van der Waals surface area contributed by atoms with Crippen molar-refractivity contribution in [3.8, 4) is 0 Å². The van der Waals surface area contributed by atoms with Crippen molar-refractivity contribution in [2.75, 3.05) is 26.3 Å². The van der Waals surface area contributed by atoms with Gasteiger partial charge in [0.05, 0.1) is 18.6 Å². The molecule has 0 N–H and O–H groups in total. The van der Waals surface area contributed by atoms with E-state index in [1.807, 2.05) is 20.9 Å². The van der Waals surface area contributed by atoms with E-state index in [9.17, 15) is 4.79 Å². The SMILES string of the molecule is Cc1c(C(=O)N2CCOCC2)oc2nn(C)c(C)c12. The molecule has 1 fully saturated rings. The second kappa shape index (κ2) is 4.38. The van der Waals surface area contributed by atoms with Crippen molar-refractivity contribution in [2.45, 2.75) is 13.8 Å². The molecule has 2 aromatic heterocycles. The molecule has 3 heterocycles. The van der Waals surface area contributed by atoms with Gasteiger partial charge in [0.2, 0.25) is 5.71 Å². The fourth-order valence-corrected chi connectivity index (χ4v) is 2.48. The number of carbonyl (C=O) groups excluding carboxylic acids is 1. The van der Waals surface area contributed by atoms with E-state index in [-0.39, 0.29) is 5.91 Å². The molecule has 0 unspecified atom stereocenters. The highest BCUT2D eigenvalue weighted by molar-refractivity contribution is 5.98. The third-order valence-electron chi connectivity index (χ3n) is 3.71. The van der Waals surface area contributed by atoms with E-state index in [0.717, 1.165) is 16.6 Å². The second-order valence-electron chi connectivity index (χ2n) is 4.85. The third kappa shape index (κ3) is 1.83. The Kier molecular flexibility index (Phi) is 2.82. The van der Waals surface area contributed by atoms with Crippen molar-refractivity contribution in [1.82, 2.24) is 14.7 Å². The number of aryl methyl sites for hydroxylation is 3. The second-order valence-corrected chi connectivity index (χ2v) is 4.85. The largest absolute Gasteiger partial charge is 0.431 e. The summed E-state index contributed by atoms with van der Waals surface area (Å²) in [6, 6.07) is 0. The van der Waals surface area contributed by atoms with E-state index in [4.69, 9.17) is 9.15 Å². The van der Waals surface area contributed by atoms with E-state index < -0.39 is 0 Å². The molecule has 19 heavy (non-hydrogen) atoms. The maximum absolute atomic E-state index is 12.4. The van der Waals surface area contributed by atoms with Gasteiger partial charge in [-0.05, 0) is 13.8 Å². The number of fused-ring (bicyclic) bond motifs is 1. The van der Waals surface area contributed by atoms with Crippen molar-refractivity contribution in [1.29, 1.82) is 0 Å². The maximum atomic E-state index is 12.4. The highest BCUT2D eigenvalue weighted by atomic mass is 16.5. The number of rotatable bonds is 1. The van der Waals surface area contributed by atoms with Crippen LogP contribution in [0.5, 0.6) is 0 Å². The molecule has 2 aromatic rings. The molecule has 0 aliphatic carbocycles. The number of amides is 1. The van der Waals surface area contributed by atoms with Gasteiger partial charge in [0.15, 0.2) is 5.76 Å². The Morgan fingerprint density at radius 2 is 1.95 bits per heavy atom. The quantitative estimate of drug-likeness (QED) is 0.777. The highest BCUT2D eigenvalue weighted by Gasteiger charge is 2.26. The molecule has 0 spiro atoms. The molecular formula is C13H17N3O3. The van der Waals surface area contributed by atoms with Gasteiger partial charge in [0, 0.05) is 31.4 Å². The molecule has 1 saturated heterocycles. The number of ether oxygens (including phenoxy) is 1. The van der Waals surface area contributed by atoms with E-state index in [0.29, 0.717) is 37.8 Å². The molecule has 6 heteroatoms. The van der Waals surface area contributed by atoms with E-state index in [1.54, 1.807) is 9.58 Å². The Hall–Kier alpha value is -1.82. The molecule has 0 atom stereocenters. The smallest absolute Gasteiger partial charge is 0.290 e. The van der Waals surface area contributed by atoms with Gasteiger partial charge >= 0.3 is 0 Å². The van der Waals surface area contributed by atoms with Gasteiger partial charge in [-0.2, -0.15) is 0 Å². The molecule has 0 aromatic carbocycles. The molecule has 1 amide bonds. The van der Waals surface area contributed by atoms with Crippen molar-refractivity contribution >= 4 is 17.0 Å². The van der Waals surface area contributed by atoms with Gasteiger partial charge in [0.25, 0.3) is 5.91 Å². The summed E-state index contributed by atoms with van der Waals surface area (Å²) in [7, 11) is 1.87. The summed E-state index contributed by atoms with van der Waals surface area (Å²) < 4.78 is 12.7. The van der Waals surface area contributed by atoms with Crippen LogP contribution in [0.25, 0.3) is 11.1 Å². The van der Waals surface area contributed by atoms with Gasteiger partial charge < -0.3 is 14.1 Å². The minimum absolute atomic E-state index is 0.0687. The van der Waals surface area contributed by atoms with Crippen LogP contribution in [-0.2, 0) is 11.8 Å². The van der Waals surface area contributed by atoms with Gasteiger partial charge in [-0.15, -0.1) is 5.10 Å². The van der Waals surface area contributed by atoms with Crippen molar-refractivity contribution in [2.24, 2.45) is 7.05 Å². The molecule has 1 aliphatic heterocycles. The van der Waals surface area contributed by atoms with Crippen molar-refractivity contribution in [3.63, 3.8) is 0 Å². The monoisotopic (exact) mass is 263 g/mol. The van der Waals surface area contributed by atoms with Crippen molar-refractivity contribution < 1.29 is 13.9 Å². The highest BCUT2D eigenvalue weighted by Crippen LogP contribution is 2.28. The number of hydrogen-bond acceptors (Lipinski definition) is 4. The Balaban J connectivity index is 2.00. The predicted octanol–water partition coefficient (Wildman–Crippen LogP) is 1.26. The minimum Gasteiger partial charge on any atom is -0.431 e. The predicted molar refractivity (Wildman–Crippen MR) is 69.2 cm³/mol. The Morgan fingerprint density at radius 3 is 2.58 bits per heavy atom. The summed E-state index contributed by atoms with van der Waals surface area (Å²) in [5.41, 5.74) is 2.42. The summed E-state index contributed by atoms with van der Waals surface area (Å²) in [6.45, 7) is 6.29. The lowest BCUT2D eigenvalue weighted by molar-refractivity contribution is 0.0283. The van der Waals surface area contributed by atoms with E-state index >= 15 is 0 Å². The molecule has 0 saturated carbocycles. The van der Waals surface area contributed by atoms with Crippen LogP contribution >= 0.6 is 0 Å². The van der Waals surface area contributed by atoms with Gasteiger partial charge in [-0.25, -0.2) is 0 Å². The van der Waals surface area contributed by atoms with E-state index in [2.05, 4.69) is 5.10 Å². The Bertz CT molecular complexity index is 635. The van der Waals surface area contributed by atoms with Gasteiger partial charge in [0.1, 0.15) is 0 Å². The molecule has 0 bridgehead atoms. The number of nitrogens with zero attached hydrogens (tertiary/aromatic N) is 3. The first-order valence-corrected chi connectivity index (χ1v) is 6.39. The first kappa shape index (κ1) is 12.2. The third-order valence-corrected chi connectivity index (χ3v) is 3.71. The van der Waals surface area contributed by atoms with Gasteiger partial charge in [-0.1, -0.05) is 0 Å². The maximum Gasteiger partial charge on any atom is 0.290 e. The van der Waals surface area contributed by atoms with Crippen LogP contribution in [0.4, 0.5) is 0 Å². The average molecular weight is 263 g/mol. The standard InChI is InChI=1S/C13H17N3O3/c1-8-10-9(2)15(3)14-12(10)19-11(8)13(17)16-4-6-18-7-5-16/h4-7H2,1-3H3. The number of hydrogen-bond donors (Lipinski definition) is 0. The molecule has 6 nitrogen and oxygen atoms in total. The number of aromatic nitrogens is 2. The minimum atomic E-state index is -0.0687. The van der Waals surface area contributed by atoms with Crippen LogP contribution in [0.3, 0.4) is 0 Å². The average Bonchev–Trinajstić information content (AvgIpc) is 2.88. The molecule has 1 aliphatic rings. The summed E-state index contributed by atoms with van der Waals surface area (Å²) in [5, 5.41) is 5.22. The zero-order valence-corrected chi connectivity index (χ0v) is 11.4. The van der Waals surface area contributed by atoms with Crippen LogP contribution in [0.1, 0.15) is 21.8 Å². The summed E-state index contributed by atoms with van der Waals surface area (Å²) >= 11 is 0. The zero-order valence-electron chi connectivity index (χ0n) is 11.4. The lowest BCUT2D eigenvalue weighted by atomic mass is 10.1. The number of furan rings is 1. The van der Waals surface area contributed by atoms with Crippen LogP contribution in [0.15, 0.2) is 4.42 Å². The molecular weight excluding hydrogens is 246 g/mol. The first-order valence-electron chi connectivity index (χ1n) is 6.39. The zero-order chi connectivity index (χ0) is 13.6. The molecule has 102 valence electrons. The number of carbonyl (C=O) groups is 1. The lowest BCUT2D eigenvalue weighted by Gasteiger charge is -2.26. The van der Waals surface area contributed by atoms with E-state index in [1.165, 1.54) is 0 Å². The normalized spacial score (nSPS) is 16.3. The fourth-order valence-electron chi connectivity index (χ4n) is 2.48. The fraction of sp³-hybridized carbons (Fsp3) is 0.538. The van der Waals surface area contributed by atoms with Crippen molar-refractivity contribution in [3.05, 3.63) is 17.0 Å². The van der Waals surface area contributed by atoms with Crippen LogP contribution < -0.4 is 0 Å². The summed E-state index contributed by atoms with van der Waals surface area (Å²) in [4.78, 5) is 14.2.